The highest BCUT2D eigenvalue weighted by Gasteiger charge is 2.19. The SMILES string of the molecule is C\C=N/C(Cl)=C\C=C(/C)CN1CCSC1=NC#N. The third-order valence-corrected chi connectivity index (χ3v) is 3.42. The molecule has 1 rings (SSSR count). The lowest BCUT2D eigenvalue weighted by molar-refractivity contribution is 0.501. The molecule has 1 aliphatic rings. The molecule has 18 heavy (non-hydrogen) atoms. The van der Waals surface area contributed by atoms with E-state index >= 15 is 0 Å². The quantitative estimate of drug-likeness (QED) is 0.345. The summed E-state index contributed by atoms with van der Waals surface area (Å²) in [4.78, 5) is 9.83. The maximum Gasteiger partial charge on any atom is 0.208 e. The smallest absolute Gasteiger partial charge is 0.208 e. The van der Waals surface area contributed by atoms with Crippen LogP contribution in [0, 0.1) is 11.5 Å². The van der Waals surface area contributed by atoms with Crippen molar-refractivity contribution in [2.75, 3.05) is 18.8 Å². The standard InChI is InChI=1S/C12H15ClN4S/c1-3-15-11(13)5-4-10(2)8-17-6-7-18-12(17)16-9-14/h3-5H,6-8H2,1-2H3/b10-4+,11-5-,15-3-,16-12?. The molecule has 0 aliphatic carbocycles. The average Bonchev–Trinajstić information content (AvgIpc) is 2.75. The van der Waals surface area contributed by atoms with Crippen molar-refractivity contribution in [3.05, 3.63) is 22.9 Å². The van der Waals surface area contributed by atoms with Gasteiger partial charge in [-0.3, -0.25) is 0 Å². The van der Waals surface area contributed by atoms with Crippen LogP contribution < -0.4 is 0 Å². The van der Waals surface area contributed by atoms with Gasteiger partial charge in [-0.25, -0.2) is 4.99 Å². The molecule has 0 radical (unpaired) electrons. The lowest BCUT2D eigenvalue weighted by Crippen LogP contribution is -2.26. The van der Waals surface area contributed by atoms with E-state index in [-0.39, 0.29) is 0 Å². The summed E-state index contributed by atoms with van der Waals surface area (Å²) in [7, 11) is 0. The van der Waals surface area contributed by atoms with Crippen molar-refractivity contribution in [1.82, 2.24) is 4.90 Å². The maximum atomic E-state index is 8.58. The Bertz CT molecular complexity index is 445. The van der Waals surface area contributed by atoms with Gasteiger partial charge < -0.3 is 4.90 Å². The van der Waals surface area contributed by atoms with Gasteiger partial charge in [0.15, 0.2) is 5.17 Å². The largest absolute Gasteiger partial charge is 0.346 e. The van der Waals surface area contributed by atoms with Crippen LogP contribution in [0.1, 0.15) is 13.8 Å². The first-order chi connectivity index (χ1) is 8.67. The van der Waals surface area contributed by atoms with Crippen LogP contribution >= 0.6 is 23.4 Å². The molecular weight excluding hydrogens is 268 g/mol. The molecule has 0 bridgehead atoms. The van der Waals surface area contributed by atoms with Gasteiger partial charge in [0.2, 0.25) is 6.19 Å². The molecule has 0 aromatic rings. The van der Waals surface area contributed by atoms with Crippen molar-refractivity contribution in [3.63, 3.8) is 0 Å². The van der Waals surface area contributed by atoms with Crippen molar-refractivity contribution < 1.29 is 0 Å². The van der Waals surface area contributed by atoms with Gasteiger partial charge in [-0.15, -0.1) is 4.99 Å². The molecule has 0 unspecified atom stereocenters. The van der Waals surface area contributed by atoms with Crippen molar-refractivity contribution in [2.45, 2.75) is 13.8 Å². The van der Waals surface area contributed by atoms with E-state index in [2.05, 4.69) is 14.9 Å². The Balaban J connectivity index is 2.62. The van der Waals surface area contributed by atoms with E-state index in [1.807, 2.05) is 26.1 Å². The van der Waals surface area contributed by atoms with Gasteiger partial charge >= 0.3 is 0 Å². The van der Waals surface area contributed by atoms with Crippen LogP contribution in [-0.2, 0) is 0 Å². The Morgan fingerprint density at radius 2 is 2.39 bits per heavy atom. The summed E-state index contributed by atoms with van der Waals surface area (Å²) in [5.41, 5.74) is 1.15. The molecule has 0 aromatic heterocycles. The number of hydrogen-bond donors (Lipinski definition) is 0. The molecule has 0 amide bonds. The highest BCUT2D eigenvalue weighted by molar-refractivity contribution is 8.14. The van der Waals surface area contributed by atoms with Crippen molar-refractivity contribution in [1.29, 1.82) is 5.26 Å². The summed E-state index contributed by atoms with van der Waals surface area (Å²) in [6.45, 7) is 5.51. The summed E-state index contributed by atoms with van der Waals surface area (Å²) < 4.78 is 0. The Morgan fingerprint density at radius 3 is 3.06 bits per heavy atom. The lowest BCUT2D eigenvalue weighted by atomic mass is 10.2. The number of hydrogen-bond acceptors (Lipinski definition) is 4. The van der Waals surface area contributed by atoms with Crippen LogP contribution in [0.4, 0.5) is 0 Å². The van der Waals surface area contributed by atoms with Gasteiger partial charge in [-0.2, -0.15) is 5.26 Å². The summed E-state index contributed by atoms with van der Waals surface area (Å²) in [5.74, 6) is 0.977. The summed E-state index contributed by atoms with van der Waals surface area (Å²) in [5, 5.41) is 9.83. The summed E-state index contributed by atoms with van der Waals surface area (Å²) >= 11 is 7.46. The predicted octanol–water partition coefficient (Wildman–Crippen LogP) is 2.99. The molecule has 96 valence electrons. The van der Waals surface area contributed by atoms with Gasteiger partial charge in [0.25, 0.3) is 0 Å². The maximum absolute atomic E-state index is 8.58. The van der Waals surface area contributed by atoms with Gasteiger partial charge in [-0.1, -0.05) is 35.0 Å². The fourth-order valence-corrected chi connectivity index (χ4v) is 2.56. The Kier molecular flexibility index (Phi) is 6.55. The molecule has 1 aliphatic heterocycles. The molecular formula is C12H15ClN4S. The number of amidine groups is 1. The molecule has 0 aromatic carbocycles. The van der Waals surface area contributed by atoms with Crippen LogP contribution in [0.25, 0.3) is 0 Å². The van der Waals surface area contributed by atoms with Crippen LogP contribution in [0.5, 0.6) is 0 Å². The third-order valence-electron chi connectivity index (χ3n) is 2.21. The normalized spacial score (nSPS) is 19.9. The van der Waals surface area contributed by atoms with E-state index in [4.69, 9.17) is 16.9 Å². The highest BCUT2D eigenvalue weighted by atomic mass is 35.5. The minimum Gasteiger partial charge on any atom is -0.346 e. The first-order valence-electron chi connectivity index (χ1n) is 5.53. The second-order valence-electron chi connectivity index (χ2n) is 3.65. The number of rotatable bonds is 4. The zero-order valence-corrected chi connectivity index (χ0v) is 12.0. The average molecular weight is 283 g/mol. The van der Waals surface area contributed by atoms with Crippen LogP contribution in [0.15, 0.2) is 32.9 Å². The molecule has 0 saturated carbocycles. The lowest BCUT2D eigenvalue weighted by Gasteiger charge is -2.16. The van der Waals surface area contributed by atoms with Gasteiger partial charge in [-0.05, 0) is 19.9 Å². The number of nitriles is 1. The Morgan fingerprint density at radius 1 is 1.61 bits per heavy atom. The van der Waals surface area contributed by atoms with Gasteiger partial charge in [0, 0.05) is 25.1 Å². The van der Waals surface area contributed by atoms with Gasteiger partial charge in [0.1, 0.15) is 5.16 Å². The van der Waals surface area contributed by atoms with Gasteiger partial charge in [0.05, 0.1) is 0 Å². The monoisotopic (exact) mass is 282 g/mol. The summed E-state index contributed by atoms with van der Waals surface area (Å²) in [6.07, 6.45) is 7.18. The first-order valence-corrected chi connectivity index (χ1v) is 6.90. The van der Waals surface area contributed by atoms with Crippen molar-refractivity contribution in [2.24, 2.45) is 9.98 Å². The van der Waals surface area contributed by atoms with E-state index in [1.54, 1.807) is 24.1 Å². The zero-order valence-electron chi connectivity index (χ0n) is 10.4. The molecule has 1 fully saturated rings. The zero-order chi connectivity index (χ0) is 13.4. The Labute approximate surface area is 117 Å². The number of aliphatic imine (C=N–C) groups is 2. The van der Waals surface area contributed by atoms with E-state index in [1.165, 1.54) is 0 Å². The molecule has 0 atom stereocenters. The summed E-state index contributed by atoms with van der Waals surface area (Å²) in [6, 6.07) is 0. The molecule has 0 N–H and O–H groups in total. The van der Waals surface area contributed by atoms with Crippen LogP contribution in [-0.4, -0.2) is 35.1 Å². The number of nitrogens with zero attached hydrogens (tertiary/aromatic N) is 4. The van der Waals surface area contributed by atoms with Crippen LogP contribution in [0.2, 0.25) is 0 Å². The molecule has 0 spiro atoms. The van der Waals surface area contributed by atoms with E-state index in [9.17, 15) is 0 Å². The van der Waals surface area contributed by atoms with Crippen molar-refractivity contribution >= 4 is 34.7 Å². The van der Waals surface area contributed by atoms with E-state index in [0.29, 0.717) is 5.16 Å². The van der Waals surface area contributed by atoms with Crippen LogP contribution in [0.3, 0.4) is 0 Å². The highest BCUT2D eigenvalue weighted by Crippen LogP contribution is 2.19. The predicted molar refractivity (Wildman–Crippen MR) is 78.9 cm³/mol. The number of halogens is 1. The minimum atomic E-state index is 0.457. The number of thioether (sulfide) groups is 1. The fourth-order valence-electron chi connectivity index (χ4n) is 1.46. The topological polar surface area (TPSA) is 51.8 Å². The first kappa shape index (κ1) is 14.8. The Hall–Kier alpha value is -1.25. The third kappa shape index (κ3) is 4.94. The fraction of sp³-hybridized carbons (Fsp3) is 0.417. The molecule has 6 heteroatoms. The number of allylic oxidation sites excluding steroid dienone is 2. The molecule has 1 heterocycles. The second kappa shape index (κ2) is 7.96. The minimum absolute atomic E-state index is 0.457. The van der Waals surface area contributed by atoms with E-state index in [0.717, 1.165) is 29.6 Å². The van der Waals surface area contributed by atoms with E-state index < -0.39 is 0 Å². The molecule has 4 nitrogen and oxygen atoms in total. The van der Waals surface area contributed by atoms with Crippen molar-refractivity contribution in [3.8, 4) is 6.19 Å². The molecule has 1 saturated heterocycles. The second-order valence-corrected chi connectivity index (χ2v) is 5.10.